The molecule has 6 nitrogen and oxygen atoms in total. The molecule has 1 aromatic heterocycles. The maximum absolute atomic E-state index is 5.82. The average Bonchev–Trinajstić information content (AvgIpc) is 3.18. The van der Waals surface area contributed by atoms with Crippen LogP contribution in [0.1, 0.15) is 37.3 Å². The fraction of sp³-hybridized carbons (Fsp3) is 0.609. The third kappa shape index (κ3) is 7.42. The van der Waals surface area contributed by atoms with E-state index in [1.807, 2.05) is 7.05 Å². The number of nitrogens with zero attached hydrogens (tertiary/aromatic N) is 1. The fourth-order valence-corrected chi connectivity index (χ4v) is 3.86. The zero-order valence-corrected chi connectivity index (χ0v) is 20.7. The van der Waals surface area contributed by atoms with Crippen LogP contribution in [0.2, 0.25) is 0 Å². The molecule has 0 atom stereocenters. The van der Waals surface area contributed by atoms with E-state index in [-0.39, 0.29) is 24.0 Å². The van der Waals surface area contributed by atoms with Crippen molar-refractivity contribution in [3.8, 4) is 0 Å². The standard InChI is InChI=1S/C23H36N4O2.HI/c1-3-19-6-4-7-21-20(16-27-22(19)21)8-12-26-23(24-2)25-11-5-13-29-17-18-9-14-28-15-10-18;/h4,6-7,16,18,27H,3,5,8-15,17H2,1-2H3,(H2,24,25,26);1H. The van der Waals surface area contributed by atoms with Crippen molar-refractivity contribution in [3.63, 3.8) is 0 Å². The van der Waals surface area contributed by atoms with Crippen molar-refractivity contribution in [1.29, 1.82) is 0 Å². The van der Waals surface area contributed by atoms with E-state index in [2.05, 4.69) is 51.9 Å². The smallest absolute Gasteiger partial charge is 0.190 e. The molecule has 2 aromatic rings. The molecule has 1 saturated heterocycles. The molecule has 3 rings (SSSR count). The summed E-state index contributed by atoms with van der Waals surface area (Å²) in [7, 11) is 1.82. The van der Waals surface area contributed by atoms with Crippen LogP contribution in [0.4, 0.5) is 0 Å². The quantitative estimate of drug-likeness (QED) is 0.190. The summed E-state index contributed by atoms with van der Waals surface area (Å²) >= 11 is 0. The summed E-state index contributed by atoms with van der Waals surface area (Å²) in [6, 6.07) is 6.55. The fourth-order valence-electron chi connectivity index (χ4n) is 3.86. The predicted molar refractivity (Wildman–Crippen MR) is 135 cm³/mol. The third-order valence-corrected chi connectivity index (χ3v) is 5.63. The Morgan fingerprint density at radius 3 is 2.77 bits per heavy atom. The lowest BCUT2D eigenvalue weighted by molar-refractivity contribution is 0.0203. The molecular formula is C23H37IN4O2. The van der Waals surface area contributed by atoms with E-state index in [1.54, 1.807) is 0 Å². The second-order valence-corrected chi connectivity index (χ2v) is 7.67. The van der Waals surface area contributed by atoms with Gasteiger partial charge in [0.2, 0.25) is 0 Å². The molecule has 0 radical (unpaired) electrons. The number of rotatable bonds is 10. The van der Waals surface area contributed by atoms with Crippen LogP contribution >= 0.6 is 24.0 Å². The first-order valence-corrected chi connectivity index (χ1v) is 11.0. The molecule has 2 heterocycles. The summed E-state index contributed by atoms with van der Waals surface area (Å²) in [5, 5.41) is 8.12. The first kappa shape index (κ1) is 24.9. The van der Waals surface area contributed by atoms with Gasteiger partial charge in [-0.3, -0.25) is 4.99 Å². The van der Waals surface area contributed by atoms with E-state index >= 15 is 0 Å². The number of guanidine groups is 1. The minimum atomic E-state index is 0. The number of aromatic nitrogens is 1. The number of hydrogen-bond donors (Lipinski definition) is 3. The predicted octanol–water partition coefficient (Wildman–Crippen LogP) is 3.89. The van der Waals surface area contributed by atoms with E-state index in [0.29, 0.717) is 5.92 Å². The minimum Gasteiger partial charge on any atom is -0.381 e. The van der Waals surface area contributed by atoms with Gasteiger partial charge in [-0.25, -0.2) is 0 Å². The zero-order valence-electron chi connectivity index (χ0n) is 18.3. The largest absolute Gasteiger partial charge is 0.381 e. The molecular weight excluding hydrogens is 491 g/mol. The number of aliphatic imine (C=N–C) groups is 1. The summed E-state index contributed by atoms with van der Waals surface area (Å²) in [5.41, 5.74) is 3.99. The molecule has 1 fully saturated rings. The Labute approximate surface area is 197 Å². The molecule has 1 aromatic carbocycles. The first-order valence-electron chi connectivity index (χ1n) is 11.0. The second kappa shape index (κ2) is 13.9. The van der Waals surface area contributed by atoms with E-state index in [9.17, 15) is 0 Å². The van der Waals surface area contributed by atoms with Crippen LogP contribution in [0.5, 0.6) is 0 Å². The first-order chi connectivity index (χ1) is 14.3. The number of benzene rings is 1. The number of fused-ring (bicyclic) bond motifs is 1. The molecule has 7 heteroatoms. The summed E-state index contributed by atoms with van der Waals surface area (Å²) in [6.45, 7) is 7.33. The Hall–Kier alpha value is -1.32. The summed E-state index contributed by atoms with van der Waals surface area (Å²) < 4.78 is 11.2. The number of halogens is 1. The molecule has 0 bridgehead atoms. The second-order valence-electron chi connectivity index (χ2n) is 7.67. The van der Waals surface area contributed by atoms with E-state index in [1.165, 1.54) is 22.0 Å². The van der Waals surface area contributed by atoms with E-state index in [4.69, 9.17) is 9.47 Å². The highest BCUT2D eigenvalue weighted by atomic mass is 127. The van der Waals surface area contributed by atoms with Gasteiger partial charge in [0.1, 0.15) is 0 Å². The topological polar surface area (TPSA) is 70.7 Å². The number of aryl methyl sites for hydroxylation is 1. The van der Waals surface area contributed by atoms with Gasteiger partial charge in [-0.1, -0.05) is 25.1 Å². The molecule has 0 saturated carbocycles. The average molecular weight is 528 g/mol. The van der Waals surface area contributed by atoms with Crippen LogP contribution in [0.15, 0.2) is 29.4 Å². The highest BCUT2D eigenvalue weighted by molar-refractivity contribution is 14.0. The van der Waals surface area contributed by atoms with Gasteiger partial charge >= 0.3 is 0 Å². The Morgan fingerprint density at radius 1 is 1.20 bits per heavy atom. The third-order valence-electron chi connectivity index (χ3n) is 5.63. The van der Waals surface area contributed by atoms with Crippen molar-refractivity contribution in [2.45, 2.75) is 39.0 Å². The lowest BCUT2D eigenvalue weighted by Crippen LogP contribution is -2.39. The van der Waals surface area contributed by atoms with Crippen LogP contribution in [-0.2, 0) is 22.3 Å². The molecule has 0 amide bonds. The summed E-state index contributed by atoms with van der Waals surface area (Å²) in [6.07, 6.45) is 7.38. The van der Waals surface area contributed by atoms with Gasteiger partial charge in [0.25, 0.3) is 0 Å². The van der Waals surface area contributed by atoms with Crippen molar-refractivity contribution < 1.29 is 9.47 Å². The normalized spacial score (nSPS) is 15.2. The van der Waals surface area contributed by atoms with Crippen molar-refractivity contribution in [2.75, 3.05) is 46.6 Å². The lowest BCUT2D eigenvalue weighted by Gasteiger charge is -2.21. The Bertz CT molecular complexity index is 772. The van der Waals surface area contributed by atoms with Crippen LogP contribution in [0.3, 0.4) is 0 Å². The Morgan fingerprint density at radius 2 is 2.00 bits per heavy atom. The van der Waals surface area contributed by atoms with Gasteiger partial charge in [0.05, 0.1) is 0 Å². The van der Waals surface area contributed by atoms with Gasteiger partial charge in [0, 0.05) is 63.7 Å². The molecule has 0 spiro atoms. The van der Waals surface area contributed by atoms with Crippen LogP contribution in [-0.4, -0.2) is 57.5 Å². The molecule has 1 aliphatic rings. The van der Waals surface area contributed by atoms with Crippen molar-refractivity contribution in [1.82, 2.24) is 15.6 Å². The molecule has 168 valence electrons. The van der Waals surface area contributed by atoms with Gasteiger partial charge < -0.3 is 25.1 Å². The van der Waals surface area contributed by atoms with Gasteiger partial charge in [0.15, 0.2) is 5.96 Å². The molecule has 30 heavy (non-hydrogen) atoms. The number of nitrogens with one attached hydrogen (secondary N) is 3. The zero-order chi connectivity index (χ0) is 20.3. The highest BCUT2D eigenvalue weighted by Crippen LogP contribution is 2.22. The van der Waals surface area contributed by atoms with E-state index in [0.717, 1.165) is 77.6 Å². The number of para-hydroxylation sites is 1. The Kier molecular flexibility index (Phi) is 11.5. The summed E-state index contributed by atoms with van der Waals surface area (Å²) in [4.78, 5) is 7.76. The number of hydrogen-bond acceptors (Lipinski definition) is 3. The lowest BCUT2D eigenvalue weighted by atomic mass is 10.0. The SMILES string of the molecule is CCc1cccc2c(CCNC(=NC)NCCCOCC3CCOCC3)c[nH]c12.I. The maximum Gasteiger partial charge on any atom is 0.190 e. The van der Waals surface area contributed by atoms with Crippen molar-refractivity contribution in [3.05, 3.63) is 35.5 Å². The Balaban J connectivity index is 0.00000320. The van der Waals surface area contributed by atoms with Crippen molar-refractivity contribution >= 4 is 40.8 Å². The molecule has 0 unspecified atom stereocenters. The van der Waals surface area contributed by atoms with Crippen LogP contribution < -0.4 is 10.6 Å². The van der Waals surface area contributed by atoms with Crippen molar-refractivity contribution in [2.24, 2.45) is 10.9 Å². The van der Waals surface area contributed by atoms with Gasteiger partial charge in [-0.15, -0.1) is 24.0 Å². The minimum absolute atomic E-state index is 0. The van der Waals surface area contributed by atoms with E-state index < -0.39 is 0 Å². The van der Waals surface area contributed by atoms with Gasteiger partial charge in [-0.2, -0.15) is 0 Å². The number of ether oxygens (including phenoxy) is 2. The maximum atomic E-state index is 5.82. The monoisotopic (exact) mass is 528 g/mol. The highest BCUT2D eigenvalue weighted by Gasteiger charge is 2.13. The van der Waals surface area contributed by atoms with Crippen LogP contribution in [0, 0.1) is 5.92 Å². The molecule has 3 N–H and O–H groups in total. The number of H-pyrrole nitrogens is 1. The van der Waals surface area contributed by atoms with Crippen LogP contribution in [0.25, 0.3) is 10.9 Å². The molecule has 1 aliphatic heterocycles. The van der Waals surface area contributed by atoms with Gasteiger partial charge in [-0.05, 0) is 49.1 Å². The summed E-state index contributed by atoms with van der Waals surface area (Å²) in [5.74, 6) is 1.52. The number of aromatic amines is 1. The molecule has 0 aliphatic carbocycles.